The Morgan fingerprint density at radius 1 is 0.732 bits per heavy atom. The molecule has 0 amide bonds. The fourth-order valence-electron chi connectivity index (χ4n) is 13.4. The Labute approximate surface area is 564 Å². The van der Waals surface area contributed by atoms with Crippen molar-refractivity contribution in [3.05, 3.63) is 159 Å². The second-order valence-corrected chi connectivity index (χ2v) is 26.0. The number of aromatic amines is 2. The van der Waals surface area contributed by atoms with Crippen LogP contribution in [0.4, 0.5) is 34.1 Å². The SMILES string of the molecule is O=C=O.O=S=O.[C-]#[N+]c1cn2[nH]c(-c3cccc(Nc4cc(C(C)(C)CC)ccc4O/C(=C/C)C(=O)O)c3)nc2c1C(=O)OC1C(C)CC(C)CC1C.[C-]#[N+]c1cn2[nH]c(-c3cccc(Nc4cc(C)cc5c(C)c(C(=O)O)oc45)c3C)nc2c1C(=O)OC1C(C)CC(C)CC1C. The van der Waals surface area contributed by atoms with Crippen molar-refractivity contribution >= 4 is 98.0 Å². The summed E-state index contributed by atoms with van der Waals surface area (Å²) in [7, 11) is 0. The summed E-state index contributed by atoms with van der Waals surface area (Å²) in [6, 6.07) is 22.8. The quantitative estimate of drug-likeness (QED) is 0.0227. The van der Waals surface area contributed by atoms with Gasteiger partial charge in [0.1, 0.15) is 23.3 Å². The van der Waals surface area contributed by atoms with Crippen LogP contribution in [0.3, 0.4) is 0 Å². The molecule has 4 aromatic carbocycles. The monoisotopic (exact) mass is 1340 g/mol. The van der Waals surface area contributed by atoms with E-state index in [2.05, 4.69) is 92.8 Å². The Morgan fingerprint density at radius 2 is 1.26 bits per heavy atom. The molecule has 2 aliphatic rings. The lowest BCUT2D eigenvalue weighted by Crippen LogP contribution is -2.37. The summed E-state index contributed by atoms with van der Waals surface area (Å²) in [5, 5.41) is 33.2. The van der Waals surface area contributed by atoms with Gasteiger partial charge in [-0.05, 0) is 166 Å². The Kier molecular flexibility index (Phi) is 22.8. The van der Waals surface area contributed by atoms with Gasteiger partial charge in [0.2, 0.25) is 22.9 Å². The summed E-state index contributed by atoms with van der Waals surface area (Å²) in [5.41, 5.74) is 9.47. The molecule has 2 fully saturated rings. The number of aromatic carboxylic acids is 1. The van der Waals surface area contributed by atoms with Crippen molar-refractivity contribution in [3.8, 4) is 28.5 Å². The minimum Gasteiger partial charge on any atom is -0.475 e. The van der Waals surface area contributed by atoms with Crippen LogP contribution in [0.25, 0.3) is 54.7 Å². The average molecular weight is 1340 g/mol. The molecule has 2 aliphatic carbocycles. The highest BCUT2D eigenvalue weighted by atomic mass is 32.1. The van der Waals surface area contributed by atoms with Gasteiger partial charge >= 0.3 is 41.6 Å². The molecule has 97 heavy (non-hydrogen) atoms. The van der Waals surface area contributed by atoms with Crippen molar-refractivity contribution in [3.63, 3.8) is 0 Å². The molecule has 24 nitrogen and oxygen atoms in total. The van der Waals surface area contributed by atoms with Crippen molar-refractivity contribution in [1.29, 1.82) is 0 Å². The molecule has 2 saturated carbocycles. The second kappa shape index (κ2) is 30.7. The van der Waals surface area contributed by atoms with E-state index in [1.807, 2.05) is 80.6 Å². The van der Waals surface area contributed by atoms with E-state index >= 15 is 0 Å². The lowest BCUT2D eigenvalue weighted by Gasteiger charge is -2.37. The molecule has 6 N–H and O–H groups in total. The van der Waals surface area contributed by atoms with E-state index in [4.69, 9.17) is 59.7 Å². The van der Waals surface area contributed by atoms with E-state index in [-0.39, 0.29) is 81.5 Å². The number of anilines is 4. The highest BCUT2D eigenvalue weighted by Gasteiger charge is 2.38. The number of aromatic nitrogens is 6. The van der Waals surface area contributed by atoms with Crippen molar-refractivity contribution in [2.75, 3.05) is 10.6 Å². The number of furan rings is 1. The van der Waals surface area contributed by atoms with Gasteiger partial charge in [-0.15, -0.1) is 0 Å². The Bertz CT molecular complexity index is 4620. The number of carboxylic acids is 2. The van der Waals surface area contributed by atoms with Gasteiger partial charge in [0, 0.05) is 45.8 Å². The van der Waals surface area contributed by atoms with E-state index in [1.54, 1.807) is 41.3 Å². The number of fused-ring (bicyclic) bond motifs is 3. The third-order valence-corrected chi connectivity index (χ3v) is 18.3. The number of hydrogen-bond donors (Lipinski definition) is 6. The minimum atomic E-state index is -1.16. The normalized spacial score (nSPS) is 19.1. The maximum Gasteiger partial charge on any atom is 0.373 e. The molecular formula is C72H78N10O14S. The maximum absolute atomic E-state index is 13.5. The molecule has 0 aliphatic heterocycles. The van der Waals surface area contributed by atoms with Crippen molar-refractivity contribution < 1.29 is 66.0 Å². The molecule has 5 heterocycles. The molecule has 25 heteroatoms. The summed E-state index contributed by atoms with van der Waals surface area (Å²) in [4.78, 5) is 83.4. The Morgan fingerprint density at radius 3 is 1.76 bits per heavy atom. The van der Waals surface area contributed by atoms with Gasteiger partial charge in [0.05, 0.1) is 24.5 Å². The molecule has 0 saturated heterocycles. The summed E-state index contributed by atoms with van der Waals surface area (Å²) in [6.45, 7) is 42.0. The fraction of sp³-hybridized carbons (Fsp3) is 0.375. The van der Waals surface area contributed by atoms with Crippen LogP contribution in [-0.2, 0) is 40.8 Å². The Hall–Kier alpha value is -10.9. The second-order valence-electron chi connectivity index (χ2n) is 25.9. The van der Waals surface area contributed by atoms with Crippen molar-refractivity contribution in [2.24, 2.45) is 35.5 Å². The van der Waals surface area contributed by atoms with Crippen LogP contribution in [0, 0.1) is 69.4 Å². The summed E-state index contributed by atoms with van der Waals surface area (Å²) >= 11 is -0.750. The number of rotatable bonds is 16. The molecule has 11 rings (SSSR count). The number of hydrogen-bond acceptors (Lipinski definition) is 16. The number of nitrogens with one attached hydrogen (secondary N) is 4. The minimum absolute atomic E-state index is 0.0828. The third kappa shape index (κ3) is 15.8. The number of nitrogens with zero attached hydrogens (tertiary/aromatic N) is 6. The molecule has 4 unspecified atom stereocenters. The molecule has 4 atom stereocenters. The van der Waals surface area contributed by atoms with Crippen LogP contribution >= 0.6 is 0 Å². The molecule has 0 spiro atoms. The first-order chi connectivity index (χ1) is 46.1. The van der Waals surface area contributed by atoms with E-state index in [9.17, 15) is 29.4 Å². The number of ether oxygens (including phenoxy) is 3. The summed E-state index contributed by atoms with van der Waals surface area (Å²) in [6.07, 6.45) is 9.25. The van der Waals surface area contributed by atoms with Crippen LogP contribution in [0.5, 0.6) is 5.75 Å². The lowest BCUT2D eigenvalue weighted by atomic mass is 9.75. The molecule has 9 aromatic rings. The maximum atomic E-state index is 13.5. The standard InChI is InChI=1S/C37H43N5O5.C34H35N5O5.CO2.O2S/c1-9-29(35(43)44)46-30-15-14-25(37(6,7)10-2)19-27(30)39-26-13-11-12-24(18-26)33-40-34-31(28(38-8)20-42(34)41-33)36(45)47-32-22(4)16-21(3)17-23(32)5;1-16-11-18(3)28(19(4)12-16)44-34(42)27-26(35-7)15-39-32(27)37-31(38-39)22-9-8-10-24(20(22)5)36-25-14-17(2)13-23-21(6)29(33(40)41)43-30(23)25;2-1-3;1-3-2/h9,11-15,18-23,32,39H,10,16-17H2,1-7H3,(H,40,41)(H,43,44);8-10,13-16,18-19,28,36H,11-12H2,1-6H3,(H,37,38)(H,40,41);;/b29-9+;;;. The topological polar surface area (TPSA) is 317 Å². The molecule has 506 valence electrons. The number of H-pyrrole nitrogens is 2. The van der Waals surface area contributed by atoms with Gasteiger partial charge in [-0.1, -0.05) is 92.6 Å². The number of allylic oxidation sites excluding steroid dienone is 1. The zero-order chi connectivity index (χ0) is 70.9. The first kappa shape index (κ1) is 72.0. The number of carboxylic acid groups (broad SMARTS) is 2. The zero-order valence-corrected chi connectivity index (χ0v) is 57.0. The van der Waals surface area contributed by atoms with Crippen LogP contribution in [-0.4, -0.2) is 90.1 Å². The molecular weight excluding hydrogens is 1260 g/mol. The first-order valence-corrected chi connectivity index (χ1v) is 32.3. The van der Waals surface area contributed by atoms with Gasteiger partial charge in [0.15, 0.2) is 34.3 Å². The van der Waals surface area contributed by atoms with E-state index in [0.29, 0.717) is 68.7 Å². The highest BCUT2D eigenvalue weighted by molar-refractivity contribution is 7.51. The summed E-state index contributed by atoms with van der Waals surface area (Å²) in [5.74, 6) is -0.109. The van der Waals surface area contributed by atoms with E-state index in [1.165, 1.54) is 6.08 Å². The zero-order valence-electron chi connectivity index (χ0n) is 56.2. The van der Waals surface area contributed by atoms with Crippen molar-refractivity contribution in [1.82, 2.24) is 29.2 Å². The predicted octanol–water partition coefficient (Wildman–Crippen LogP) is 15.9. The van der Waals surface area contributed by atoms with Crippen molar-refractivity contribution in [2.45, 2.75) is 140 Å². The molecule has 5 aromatic heterocycles. The van der Waals surface area contributed by atoms with E-state index in [0.717, 1.165) is 71.0 Å². The van der Waals surface area contributed by atoms with Gasteiger partial charge in [-0.2, -0.15) is 18.0 Å². The summed E-state index contributed by atoms with van der Waals surface area (Å²) < 4.78 is 43.5. The van der Waals surface area contributed by atoms with Gasteiger partial charge in [-0.25, -0.2) is 38.8 Å². The van der Waals surface area contributed by atoms with Crippen LogP contribution in [0.1, 0.15) is 155 Å². The number of carbonyl (C=O) groups excluding carboxylic acids is 4. The average Bonchev–Trinajstić information content (AvgIpc) is 1.65. The number of carbonyl (C=O) groups is 4. The number of aryl methyl sites for hydroxylation is 2. The van der Waals surface area contributed by atoms with Gasteiger partial charge in [-0.3, -0.25) is 19.2 Å². The van der Waals surface area contributed by atoms with Gasteiger partial charge < -0.3 is 39.5 Å². The smallest absolute Gasteiger partial charge is 0.373 e. The fourth-order valence-corrected chi connectivity index (χ4v) is 13.4. The number of esters is 2. The van der Waals surface area contributed by atoms with Crippen LogP contribution in [0.15, 0.2) is 101 Å². The molecule has 0 radical (unpaired) electrons. The van der Waals surface area contributed by atoms with Gasteiger partial charge in [0.25, 0.3) is 0 Å². The Balaban J connectivity index is 0.000000230. The lowest BCUT2D eigenvalue weighted by molar-refractivity contribution is -0.191. The largest absolute Gasteiger partial charge is 0.475 e. The van der Waals surface area contributed by atoms with E-state index < -0.39 is 35.4 Å². The number of benzene rings is 4. The highest BCUT2D eigenvalue weighted by Crippen LogP contribution is 2.42. The van der Waals surface area contributed by atoms with Crippen LogP contribution in [0.2, 0.25) is 0 Å². The first-order valence-electron chi connectivity index (χ1n) is 31.7. The van der Waals surface area contributed by atoms with Crippen LogP contribution < -0.4 is 15.4 Å². The number of aliphatic carboxylic acids is 1. The predicted molar refractivity (Wildman–Crippen MR) is 364 cm³/mol. The molecule has 0 bridgehead atoms. The third-order valence-electron chi connectivity index (χ3n) is 18.3.